The maximum absolute atomic E-state index is 15.6. The molecule has 7 rings (SSSR count). The van der Waals surface area contributed by atoms with E-state index in [-0.39, 0.29) is 69.0 Å². The molecule has 4 nitrogen and oxygen atoms in total. The standard InChI is InChI=1S/C49H40F12N2O2/c1-43(2,3)33-23-27(62)15-17-39(33)64-41-35(46(50,51)52)19-25(20-36(41)47(53,54)55)45(31-13-9-7-11-29(31)30-12-8-10-14-32(30)45)26-21-37(48(56,57)58)42(38(22-26)49(59,60)61)65-40-18-16-28(63)24-34(40)44(4,5)6/h7-24H,62-63H2,1-6H3. The highest BCUT2D eigenvalue weighted by Gasteiger charge is 2.53. The Bertz CT molecular complexity index is 2560. The zero-order chi connectivity index (χ0) is 48.0. The quantitative estimate of drug-likeness (QED) is 0.129. The van der Waals surface area contributed by atoms with Gasteiger partial charge in [-0.1, -0.05) is 90.1 Å². The van der Waals surface area contributed by atoms with Crippen LogP contribution in [0.3, 0.4) is 0 Å². The summed E-state index contributed by atoms with van der Waals surface area (Å²) in [4.78, 5) is 0. The number of hydrogen-bond acceptors (Lipinski definition) is 4. The molecule has 0 unspecified atom stereocenters. The first kappa shape index (κ1) is 46.7. The van der Waals surface area contributed by atoms with Crippen LogP contribution in [0.1, 0.15) is 97.2 Å². The normalized spacial score (nSPS) is 14.2. The van der Waals surface area contributed by atoms with E-state index in [2.05, 4.69) is 0 Å². The van der Waals surface area contributed by atoms with Crippen molar-refractivity contribution in [3.05, 3.63) is 165 Å². The van der Waals surface area contributed by atoms with Gasteiger partial charge in [0, 0.05) is 22.5 Å². The summed E-state index contributed by atoms with van der Waals surface area (Å²) in [6, 6.07) is 19.3. The van der Waals surface area contributed by atoms with E-state index in [9.17, 15) is 0 Å². The number of nitrogen functional groups attached to an aromatic ring is 2. The van der Waals surface area contributed by atoms with Gasteiger partial charge in [-0.25, -0.2) is 0 Å². The molecule has 1 aliphatic rings. The molecular weight excluding hydrogens is 877 g/mol. The topological polar surface area (TPSA) is 70.5 Å². The Hall–Kier alpha value is -6.32. The van der Waals surface area contributed by atoms with Crippen molar-refractivity contribution in [3.8, 4) is 34.1 Å². The lowest BCUT2D eigenvalue weighted by Gasteiger charge is -2.36. The third-order valence-corrected chi connectivity index (χ3v) is 11.3. The Balaban J connectivity index is 1.65. The van der Waals surface area contributed by atoms with Crippen LogP contribution < -0.4 is 20.9 Å². The molecule has 6 aromatic carbocycles. The van der Waals surface area contributed by atoms with Crippen LogP contribution in [0.15, 0.2) is 109 Å². The second-order valence-corrected chi connectivity index (χ2v) is 17.8. The molecule has 0 saturated heterocycles. The summed E-state index contributed by atoms with van der Waals surface area (Å²) in [5.74, 6) is -4.24. The zero-order valence-electron chi connectivity index (χ0n) is 35.4. The highest BCUT2D eigenvalue weighted by Crippen LogP contribution is 2.61. The van der Waals surface area contributed by atoms with Crippen LogP contribution >= 0.6 is 0 Å². The monoisotopic (exact) mass is 916 g/mol. The number of anilines is 2. The van der Waals surface area contributed by atoms with Gasteiger partial charge in [0.05, 0.1) is 27.7 Å². The fourth-order valence-electron chi connectivity index (χ4n) is 8.44. The van der Waals surface area contributed by atoms with Crippen LogP contribution in [-0.2, 0) is 41.0 Å². The molecule has 0 fully saturated rings. The Morgan fingerprint density at radius 3 is 0.954 bits per heavy atom. The first-order chi connectivity index (χ1) is 29.8. The average molecular weight is 917 g/mol. The molecule has 0 spiro atoms. The number of alkyl halides is 12. The van der Waals surface area contributed by atoms with Gasteiger partial charge in [0.2, 0.25) is 0 Å². The maximum atomic E-state index is 15.6. The van der Waals surface area contributed by atoms with Crippen LogP contribution in [-0.4, -0.2) is 0 Å². The van der Waals surface area contributed by atoms with Crippen LogP contribution in [0.25, 0.3) is 11.1 Å². The number of halogens is 12. The highest BCUT2D eigenvalue weighted by atomic mass is 19.4. The van der Waals surface area contributed by atoms with E-state index in [1.807, 2.05) is 0 Å². The van der Waals surface area contributed by atoms with E-state index < -0.39 is 97.3 Å². The van der Waals surface area contributed by atoms with Crippen molar-refractivity contribution in [3.63, 3.8) is 0 Å². The van der Waals surface area contributed by atoms with Crippen molar-refractivity contribution in [2.45, 2.75) is 82.5 Å². The highest BCUT2D eigenvalue weighted by molar-refractivity contribution is 5.87. The third-order valence-electron chi connectivity index (χ3n) is 11.3. The summed E-state index contributed by atoms with van der Waals surface area (Å²) in [5, 5.41) is 0. The molecule has 4 N–H and O–H groups in total. The van der Waals surface area contributed by atoms with Gasteiger partial charge < -0.3 is 20.9 Å². The number of ether oxygens (including phenoxy) is 2. The van der Waals surface area contributed by atoms with Gasteiger partial charge in [0.25, 0.3) is 0 Å². The Morgan fingerprint density at radius 2 is 0.677 bits per heavy atom. The van der Waals surface area contributed by atoms with Gasteiger partial charge >= 0.3 is 24.7 Å². The van der Waals surface area contributed by atoms with Crippen LogP contribution in [0.4, 0.5) is 64.1 Å². The first-order valence-electron chi connectivity index (χ1n) is 19.9. The average Bonchev–Trinajstić information content (AvgIpc) is 3.48. The molecular formula is C49H40F12N2O2. The van der Waals surface area contributed by atoms with E-state index >= 15 is 52.7 Å². The maximum Gasteiger partial charge on any atom is 0.420 e. The number of rotatable bonds is 6. The van der Waals surface area contributed by atoms with E-state index in [1.54, 1.807) is 41.5 Å². The lowest BCUT2D eigenvalue weighted by molar-refractivity contribution is -0.146. The molecule has 0 aromatic heterocycles. The summed E-state index contributed by atoms with van der Waals surface area (Å²) in [6.07, 6.45) is -22.6. The molecule has 1 aliphatic carbocycles. The lowest BCUT2D eigenvalue weighted by atomic mass is 9.66. The SMILES string of the molecule is CC(C)(C)c1cc(N)ccc1Oc1c(C(F)(F)F)cc(C2(c3cc(C(F)(F)F)c(Oc4ccc(N)cc4C(C)(C)C)c(C(F)(F)F)c3)c3ccccc3-c3ccccc32)cc1C(F)(F)F. The predicted molar refractivity (Wildman–Crippen MR) is 223 cm³/mol. The van der Waals surface area contributed by atoms with E-state index in [4.69, 9.17) is 20.9 Å². The summed E-state index contributed by atoms with van der Waals surface area (Å²) in [5.41, 5.74) is -2.30. The minimum atomic E-state index is -5.66. The fraction of sp³-hybridized carbons (Fsp3) is 0.265. The van der Waals surface area contributed by atoms with Crippen molar-refractivity contribution in [2.75, 3.05) is 11.5 Å². The number of benzene rings is 6. The fourth-order valence-corrected chi connectivity index (χ4v) is 8.44. The molecule has 0 saturated carbocycles. The van der Waals surface area contributed by atoms with Crippen molar-refractivity contribution in [1.82, 2.24) is 0 Å². The smallest absolute Gasteiger partial charge is 0.420 e. The first-order valence-corrected chi connectivity index (χ1v) is 19.9. The van der Waals surface area contributed by atoms with Crippen LogP contribution in [0.2, 0.25) is 0 Å². The van der Waals surface area contributed by atoms with E-state index in [0.717, 1.165) is 12.1 Å². The molecule has 342 valence electrons. The van der Waals surface area contributed by atoms with Gasteiger partial charge in [-0.2, -0.15) is 52.7 Å². The molecule has 65 heavy (non-hydrogen) atoms. The molecule has 0 amide bonds. The van der Waals surface area contributed by atoms with Gasteiger partial charge in [-0.3, -0.25) is 0 Å². The minimum Gasteiger partial charge on any atom is -0.456 e. The molecule has 16 heteroatoms. The van der Waals surface area contributed by atoms with Gasteiger partial charge in [0.15, 0.2) is 11.5 Å². The van der Waals surface area contributed by atoms with Gasteiger partial charge in [-0.05, 0) is 105 Å². The largest absolute Gasteiger partial charge is 0.456 e. The summed E-state index contributed by atoms with van der Waals surface area (Å²) >= 11 is 0. The predicted octanol–water partition coefficient (Wildman–Crippen LogP) is 15.5. The van der Waals surface area contributed by atoms with Crippen LogP contribution in [0.5, 0.6) is 23.0 Å². The van der Waals surface area contributed by atoms with Crippen molar-refractivity contribution >= 4 is 11.4 Å². The second kappa shape index (κ2) is 15.4. The van der Waals surface area contributed by atoms with Gasteiger partial charge in [-0.15, -0.1) is 0 Å². The Labute approximate surface area is 365 Å². The number of nitrogens with two attached hydrogens (primary N) is 2. The zero-order valence-corrected chi connectivity index (χ0v) is 35.4. The molecule has 0 heterocycles. The van der Waals surface area contributed by atoms with Crippen molar-refractivity contribution < 1.29 is 62.2 Å². The summed E-state index contributed by atoms with van der Waals surface area (Å²) < 4.78 is 198. The lowest BCUT2D eigenvalue weighted by Crippen LogP contribution is -2.31. The number of fused-ring (bicyclic) bond motifs is 3. The Kier molecular flexibility index (Phi) is 11.1. The molecule has 0 radical (unpaired) electrons. The van der Waals surface area contributed by atoms with Crippen molar-refractivity contribution in [1.29, 1.82) is 0 Å². The van der Waals surface area contributed by atoms with E-state index in [0.29, 0.717) is 0 Å². The molecule has 6 aromatic rings. The van der Waals surface area contributed by atoms with E-state index in [1.165, 1.54) is 72.8 Å². The van der Waals surface area contributed by atoms with Crippen LogP contribution in [0, 0.1) is 0 Å². The second-order valence-electron chi connectivity index (χ2n) is 17.8. The minimum absolute atomic E-state index is 0.126. The summed E-state index contributed by atoms with van der Waals surface area (Å²) in [7, 11) is 0. The third kappa shape index (κ3) is 8.43. The van der Waals surface area contributed by atoms with Crippen molar-refractivity contribution in [2.24, 2.45) is 0 Å². The Morgan fingerprint density at radius 1 is 0.385 bits per heavy atom. The molecule has 0 aliphatic heterocycles. The number of hydrogen-bond donors (Lipinski definition) is 2. The molecule has 0 bridgehead atoms. The van der Waals surface area contributed by atoms with Gasteiger partial charge in [0.1, 0.15) is 11.5 Å². The molecule has 0 atom stereocenters. The summed E-state index contributed by atoms with van der Waals surface area (Å²) in [6.45, 7) is 9.70.